The van der Waals surface area contributed by atoms with E-state index in [1.54, 1.807) is 0 Å². The highest BCUT2D eigenvalue weighted by Crippen LogP contribution is 2.19. The summed E-state index contributed by atoms with van der Waals surface area (Å²) in [7, 11) is -4.75. The fourth-order valence-electron chi connectivity index (χ4n) is 2.01. The van der Waals surface area contributed by atoms with Gasteiger partial charge in [-0.25, -0.2) is 13.2 Å². The van der Waals surface area contributed by atoms with E-state index >= 15 is 0 Å². The third kappa shape index (κ3) is 4.44. The zero-order chi connectivity index (χ0) is 19.5. The van der Waals surface area contributed by atoms with Crippen LogP contribution in [0, 0.1) is 0 Å². The number of ether oxygens (including phenoxy) is 1. The van der Waals surface area contributed by atoms with Gasteiger partial charge in [-0.1, -0.05) is 11.6 Å². The minimum Gasteiger partial charge on any atom is -0.451 e. The molecule has 0 heterocycles. The average Bonchev–Trinajstić information content (AvgIpc) is 2.61. The Bertz CT molecular complexity index is 909. The van der Waals surface area contributed by atoms with Crippen molar-refractivity contribution >= 4 is 33.2 Å². The van der Waals surface area contributed by atoms with Crippen LogP contribution in [0.1, 0.15) is 27.6 Å². The highest BCUT2D eigenvalue weighted by molar-refractivity contribution is 7.91. The second-order valence-corrected chi connectivity index (χ2v) is 7.60. The Kier molecular flexibility index (Phi) is 6.09. The SMILES string of the molecule is C[C@@H](OC(=O)c1ccc(S(=O)(=O)C(F)F)cc1)C(=O)c1ccc(Cl)cc1. The third-order valence-corrected chi connectivity index (χ3v) is 5.09. The lowest BCUT2D eigenvalue weighted by atomic mass is 10.1. The largest absolute Gasteiger partial charge is 0.451 e. The van der Waals surface area contributed by atoms with E-state index in [-0.39, 0.29) is 5.56 Å². The fourth-order valence-corrected chi connectivity index (χ4v) is 2.86. The minimum atomic E-state index is -4.75. The first-order valence-corrected chi connectivity index (χ1v) is 9.18. The summed E-state index contributed by atoms with van der Waals surface area (Å²) in [6.07, 6.45) is -1.10. The summed E-state index contributed by atoms with van der Waals surface area (Å²) in [5.74, 6) is -4.90. The second-order valence-electron chi connectivity index (χ2n) is 5.25. The van der Waals surface area contributed by atoms with Gasteiger partial charge in [0.1, 0.15) is 0 Å². The molecule has 0 saturated carbocycles. The number of sulfone groups is 1. The maximum Gasteiger partial charge on any atom is 0.341 e. The van der Waals surface area contributed by atoms with Crippen LogP contribution in [0.3, 0.4) is 0 Å². The summed E-state index contributed by atoms with van der Waals surface area (Å²) >= 11 is 5.74. The van der Waals surface area contributed by atoms with Gasteiger partial charge in [0.25, 0.3) is 0 Å². The second kappa shape index (κ2) is 7.92. The number of halogens is 3. The van der Waals surface area contributed by atoms with Crippen LogP contribution in [0.5, 0.6) is 0 Å². The molecule has 0 fully saturated rings. The Labute approximate surface area is 153 Å². The molecule has 0 amide bonds. The lowest BCUT2D eigenvalue weighted by Gasteiger charge is -2.12. The highest BCUT2D eigenvalue weighted by atomic mass is 35.5. The molecule has 2 aromatic carbocycles. The minimum absolute atomic E-state index is 0.0750. The Morgan fingerprint density at radius 1 is 0.962 bits per heavy atom. The number of Topliss-reactive ketones (excluding diaryl/α,β-unsaturated/α-hetero) is 1. The number of benzene rings is 2. The van der Waals surface area contributed by atoms with E-state index in [1.165, 1.54) is 31.2 Å². The van der Waals surface area contributed by atoms with Crippen LogP contribution in [-0.4, -0.2) is 32.0 Å². The molecule has 26 heavy (non-hydrogen) atoms. The Morgan fingerprint density at radius 3 is 1.96 bits per heavy atom. The topological polar surface area (TPSA) is 77.5 Å². The zero-order valence-electron chi connectivity index (χ0n) is 13.4. The van der Waals surface area contributed by atoms with E-state index in [2.05, 4.69) is 0 Å². The number of rotatable bonds is 6. The van der Waals surface area contributed by atoms with Gasteiger partial charge in [-0.05, 0) is 55.5 Å². The predicted molar refractivity (Wildman–Crippen MR) is 90.3 cm³/mol. The summed E-state index contributed by atoms with van der Waals surface area (Å²) in [6.45, 7) is 1.38. The molecule has 0 spiro atoms. The van der Waals surface area contributed by atoms with Crippen molar-refractivity contribution in [3.8, 4) is 0 Å². The van der Waals surface area contributed by atoms with Crippen LogP contribution in [-0.2, 0) is 14.6 Å². The van der Waals surface area contributed by atoms with Gasteiger partial charge in [0.15, 0.2) is 6.10 Å². The van der Waals surface area contributed by atoms with E-state index in [0.717, 1.165) is 24.3 Å². The van der Waals surface area contributed by atoms with Gasteiger partial charge < -0.3 is 4.74 Å². The summed E-state index contributed by atoms with van der Waals surface area (Å²) in [6, 6.07) is 9.84. The lowest BCUT2D eigenvalue weighted by molar-refractivity contribution is 0.0318. The van der Waals surface area contributed by atoms with Crippen molar-refractivity contribution in [3.05, 3.63) is 64.7 Å². The molecule has 0 saturated heterocycles. The van der Waals surface area contributed by atoms with Crippen molar-refractivity contribution in [2.24, 2.45) is 0 Å². The van der Waals surface area contributed by atoms with Gasteiger partial charge in [-0.3, -0.25) is 4.79 Å². The molecule has 0 radical (unpaired) electrons. The van der Waals surface area contributed by atoms with Crippen molar-refractivity contribution in [1.82, 2.24) is 0 Å². The number of alkyl halides is 2. The van der Waals surface area contributed by atoms with Crippen LogP contribution >= 0.6 is 11.6 Å². The smallest absolute Gasteiger partial charge is 0.341 e. The van der Waals surface area contributed by atoms with E-state index < -0.39 is 38.3 Å². The zero-order valence-corrected chi connectivity index (χ0v) is 14.9. The maximum absolute atomic E-state index is 12.5. The van der Waals surface area contributed by atoms with Gasteiger partial charge in [0, 0.05) is 10.6 Å². The summed E-state index contributed by atoms with van der Waals surface area (Å²) in [5.41, 5.74) is 0.224. The van der Waals surface area contributed by atoms with Gasteiger partial charge in [0.2, 0.25) is 15.6 Å². The van der Waals surface area contributed by atoms with E-state index in [0.29, 0.717) is 10.6 Å². The summed E-state index contributed by atoms with van der Waals surface area (Å²) in [4.78, 5) is 23.6. The van der Waals surface area contributed by atoms with E-state index in [1.807, 2.05) is 0 Å². The van der Waals surface area contributed by atoms with Gasteiger partial charge in [0.05, 0.1) is 10.5 Å². The van der Waals surface area contributed by atoms with Gasteiger partial charge in [-0.2, -0.15) is 8.78 Å². The third-order valence-electron chi connectivity index (χ3n) is 3.43. The van der Waals surface area contributed by atoms with Crippen molar-refractivity contribution in [2.75, 3.05) is 0 Å². The van der Waals surface area contributed by atoms with Crippen LogP contribution in [0.2, 0.25) is 5.02 Å². The van der Waals surface area contributed by atoms with Gasteiger partial charge >= 0.3 is 11.7 Å². The fraction of sp³-hybridized carbons (Fsp3) is 0.176. The van der Waals surface area contributed by atoms with Gasteiger partial charge in [-0.15, -0.1) is 0 Å². The quantitative estimate of drug-likeness (QED) is 0.543. The molecule has 2 aromatic rings. The van der Waals surface area contributed by atoms with Crippen molar-refractivity contribution < 1.29 is 31.5 Å². The molecule has 0 aliphatic heterocycles. The molecule has 0 aliphatic carbocycles. The molecule has 2 rings (SSSR count). The summed E-state index contributed by atoms with van der Waals surface area (Å²) in [5, 5.41) is 0.449. The Morgan fingerprint density at radius 2 is 1.46 bits per heavy atom. The lowest BCUT2D eigenvalue weighted by Crippen LogP contribution is -2.24. The molecule has 0 aromatic heterocycles. The molecule has 0 bridgehead atoms. The molecular formula is C17H13ClF2O5S. The number of hydrogen-bond acceptors (Lipinski definition) is 5. The Balaban J connectivity index is 2.09. The highest BCUT2D eigenvalue weighted by Gasteiger charge is 2.27. The maximum atomic E-state index is 12.5. The monoisotopic (exact) mass is 402 g/mol. The van der Waals surface area contributed by atoms with E-state index in [9.17, 15) is 26.8 Å². The molecule has 0 aliphatic rings. The summed E-state index contributed by atoms with van der Waals surface area (Å²) < 4.78 is 52.7. The normalized spacial score (nSPS) is 12.7. The average molecular weight is 403 g/mol. The van der Waals surface area contributed by atoms with Crippen LogP contribution in [0.25, 0.3) is 0 Å². The first kappa shape index (κ1) is 20.0. The number of ketones is 1. The molecule has 0 unspecified atom stereocenters. The van der Waals surface area contributed by atoms with Crippen LogP contribution in [0.15, 0.2) is 53.4 Å². The number of hydrogen-bond donors (Lipinski definition) is 0. The first-order valence-electron chi connectivity index (χ1n) is 7.26. The standard InChI is InChI=1S/C17H13ClF2O5S/c1-10(15(21)11-2-6-13(18)7-3-11)25-16(22)12-4-8-14(9-5-12)26(23,24)17(19)20/h2-10,17H,1H3/t10-/m1/s1. The van der Waals surface area contributed by atoms with Crippen molar-refractivity contribution in [3.63, 3.8) is 0 Å². The number of esters is 1. The first-order chi connectivity index (χ1) is 12.1. The number of carbonyl (C=O) groups excluding carboxylic acids is 2. The van der Waals surface area contributed by atoms with Crippen LogP contribution in [0.4, 0.5) is 8.78 Å². The molecule has 0 N–H and O–H groups in total. The Hall–Kier alpha value is -2.32. The van der Waals surface area contributed by atoms with Crippen LogP contribution < -0.4 is 0 Å². The van der Waals surface area contributed by atoms with Crippen molar-refractivity contribution in [2.45, 2.75) is 23.7 Å². The van der Waals surface area contributed by atoms with Crippen molar-refractivity contribution in [1.29, 1.82) is 0 Å². The molecule has 1 atom stereocenters. The molecule has 138 valence electrons. The molecule has 9 heteroatoms. The molecule has 5 nitrogen and oxygen atoms in total. The number of carbonyl (C=O) groups is 2. The van der Waals surface area contributed by atoms with E-state index in [4.69, 9.17) is 16.3 Å². The predicted octanol–water partition coefficient (Wildman–Crippen LogP) is 3.76. The molecular weight excluding hydrogens is 390 g/mol.